The Hall–Kier alpha value is -3.86. The predicted molar refractivity (Wildman–Crippen MR) is 133 cm³/mol. The molecule has 0 aromatic heterocycles. The van der Waals surface area contributed by atoms with Crippen LogP contribution in [0.4, 0.5) is 13.6 Å². The number of carboxylic acids is 1. The van der Waals surface area contributed by atoms with Gasteiger partial charge in [0.1, 0.15) is 17.4 Å². The highest BCUT2D eigenvalue weighted by Gasteiger charge is 2.39. The van der Waals surface area contributed by atoms with Gasteiger partial charge in [-0.3, -0.25) is 9.59 Å². The summed E-state index contributed by atoms with van der Waals surface area (Å²) in [6.45, 7) is 0.333. The van der Waals surface area contributed by atoms with Crippen molar-refractivity contribution in [3.05, 3.63) is 70.8 Å². The predicted octanol–water partition coefficient (Wildman–Crippen LogP) is 2.89. The van der Waals surface area contributed by atoms with Gasteiger partial charge >= 0.3 is 12.1 Å². The number of carbonyl (C=O) groups is 4. The van der Waals surface area contributed by atoms with Crippen LogP contribution in [0.3, 0.4) is 0 Å². The molecule has 2 aromatic rings. The lowest BCUT2D eigenvalue weighted by atomic mass is 9.99. The first-order chi connectivity index (χ1) is 18.1. The number of cyclic esters (lactones) is 1. The number of Topliss-reactive ketones (excluding diaryl/α,β-unsaturated/α-hetero) is 1. The molecule has 38 heavy (non-hydrogen) atoms. The number of nitrogens with two attached hydrogens (primary N) is 1. The van der Waals surface area contributed by atoms with E-state index >= 15 is 0 Å². The van der Waals surface area contributed by atoms with Crippen LogP contribution in [0.1, 0.15) is 53.6 Å². The number of hydrogen-bond donors (Lipinski definition) is 4. The number of benzene rings is 2. The minimum Gasteiger partial charge on any atom is -0.478 e. The summed E-state index contributed by atoms with van der Waals surface area (Å²) in [6, 6.07) is 8.08. The number of ketones is 1. The van der Waals surface area contributed by atoms with Crippen LogP contribution in [0.15, 0.2) is 42.5 Å². The average molecular weight is 532 g/mol. The molecule has 2 amide bonds. The zero-order chi connectivity index (χ0) is 27.7. The minimum atomic E-state index is -1.04. The van der Waals surface area contributed by atoms with E-state index in [4.69, 9.17) is 15.6 Å². The van der Waals surface area contributed by atoms with Gasteiger partial charge in [-0.05, 0) is 67.1 Å². The normalized spacial score (nSPS) is 17.4. The molecule has 0 radical (unpaired) electrons. The molecule has 1 unspecified atom stereocenters. The van der Waals surface area contributed by atoms with Gasteiger partial charge in [-0.25, -0.2) is 18.4 Å². The zero-order valence-corrected chi connectivity index (χ0v) is 20.8. The van der Waals surface area contributed by atoms with Crippen molar-refractivity contribution in [1.82, 2.24) is 10.6 Å². The summed E-state index contributed by atoms with van der Waals surface area (Å²) < 4.78 is 32.1. The lowest BCUT2D eigenvalue weighted by molar-refractivity contribution is -0.128. The number of rotatable bonds is 14. The first kappa shape index (κ1) is 28.7. The monoisotopic (exact) mass is 531 g/mol. The molecule has 1 saturated heterocycles. The Balaban J connectivity index is 1.33. The summed E-state index contributed by atoms with van der Waals surface area (Å²) >= 11 is 0. The number of alkyl carbamates (subject to hydrolysis) is 1. The fraction of sp³-hybridized carbons (Fsp3) is 0.407. The molecule has 1 aliphatic rings. The Labute approximate surface area is 218 Å². The molecule has 204 valence electrons. The molecule has 0 aliphatic carbocycles. The lowest BCUT2D eigenvalue weighted by Gasteiger charge is -2.17. The van der Waals surface area contributed by atoms with Gasteiger partial charge in [0.2, 0.25) is 6.10 Å². The summed E-state index contributed by atoms with van der Waals surface area (Å²) in [7, 11) is 0. The molecule has 2 aromatic carbocycles. The number of nitrogens with one attached hydrogen (secondary N) is 2. The summed E-state index contributed by atoms with van der Waals surface area (Å²) in [4.78, 5) is 47.5. The molecule has 11 heteroatoms. The van der Waals surface area contributed by atoms with Crippen LogP contribution in [0, 0.1) is 11.6 Å². The molecule has 0 saturated carbocycles. The quantitative estimate of drug-likeness (QED) is 0.274. The van der Waals surface area contributed by atoms with Crippen LogP contribution in [0.25, 0.3) is 0 Å². The number of carbonyl (C=O) groups excluding carboxylic acids is 3. The topological polar surface area (TPSA) is 148 Å². The van der Waals surface area contributed by atoms with Crippen LogP contribution in [0.2, 0.25) is 0 Å². The maximum absolute atomic E-state index is 13.7. The van der Waals surface area contributed by atoms with Crippen LogP contribution < -0.4 is 16.4 Å². The number of ether oxygens (including phenoxy) is 1. The van der Waals surface area contributed by atoms with Crippen molar-refractivity contribution < 1.29 is 37.8 Å². The molecular weight excluding hydrogens is 500 g/mol. The van der Waals surface area contributed by atoms with E-state index in [9.17, 15) is 28.0 Å². The molecule has 0 bridgehead atoms. The number of unbranched alkanes of at least 4 members (excludes halogenated alkanes) is 2. The molecule has 0 spiro atoms. The molecule has 1 heterocycles. The molecule has 1 aliphatic heterocycles. The molecule has 3 atom stereocenters. The summed E-state index contributed by atoms with van der Waals surface area (Å²) in [6.07, 6.45) is 0.854. The highest BCUT2D eigenvalue weighted by atomic mass is 19.1. The maximum Gasteiger partial charge on any atom is 0.408 e. The third-order valence-corrected chi connectivity index (χ3v) is 6.23. The van der Waals surface area contributed by atoms with Gasteiger partial charge < -0.3 is 26.2 Å². The van der Waals surface area contributed by atoms with Gasteiger partial charge in [-0.15, -0.1) is 0 Å². The van der Waals surface area contributed by atoms with Gasteiger partial charge in [-0.2, -0.15) is 0 Å². The zero-order valence-electron chi connectivity index (χ0n) is 20.8. The van der Waals surface area contributed by atoms with Crippen LogP contribution in [0.5, 0.6) is 0 Å². The van der Waals surface area contributed by atoms with Crippen molar-refractivity contribution in [1.29, 1.82) is 0 Å². The Morgan fingerprint density at radius 2 is 1.82 bits per heavy atom. The van der Waals surface area contributed by atoms with E-state index in [1.165, 1.54) is 12.1 Å². The number of amides is 2. The summed E-state index contributed by atoms with van der Waals surface area (Å²) in [5.74, 6) is -2.67. The number of hydrogen-bond acceptors (Lipinski definition) is 6. The van der Waals surface area contributed by atoms with Crippen molar-refractivity contribution >= 4 is 23.8 Å². The van der Waals surface area contributed by atoms with Crippen LogP contribution in [-0.2, 0) is 27.2 Å². The van der Waals surface area contributed by atoms with Crippen molar-refractivity contribution in [2.24, 2.45) is 5.73 Å². The van der Waals surface area contributed by atoms with E-state index in [0.717, 1.165) is 23.8 Å². The van der Waals surface area contributed by atoms with Crippen molar-refractivity contribution in [2.75, 3.05) is 6.54 Å². The SMILES string of the molecule is NC(CC(=O)CCCCCNC(=O)[C@H]1OC(=O)N[C@@H]1Cc1ccc(C(=O)O)cc1)Cc1cc(F)ccc1F. The third kappa shape index (κ3) is 8.62. The Morgan fingerprint density at radius 1 is 1.08 bits per heavy atom. The maximum atomic E-state index is 13.7. The van der Waals surface area contributed by atoms with E-state index in [2.05, 4.69) is 10.6 Å². The highest BCUT2D eigenvalue weighted by molar-refractivity contribution is 5.88. The molecular formula is C27H31F2N3O6. The summed E-state index contributed by atoms with van der Waals surface area (Å²) in [5, 5.41) is 14.3. The Morgan fingerprint density at radius 3 is 2.53 bits per heavy atom. The number of halogens is 2. The lowest BCUT2D eigenvalue weighted by Crippen LogP contribution is -2.44. The van der Waals surface area contributed by atoms with E-state index in [0.29, 0.717) is 38.6 Å². The number of carboxylic acid groups (broad SMARTS) is 1. The smallest absolute Gasteiger partial charge is 0.408 e. The first-order valence-electron chi connectivity index (χ1n) is 12.4. The second-order valence-corrected chi connectivity index (χ2v) is 9.33. The Bertz CT molecular complexity index is 1160. The van der Waals surface area contributed by atoms with Gasteiger partial charge in [-0.1, -0.05) is 18.6 Å². The second kappa shape index (κ2) is 13.6. The molecule has 1 fully saturated rings. The third-order valence-electron chi connectivity index (χ3n) is 6.23. The average Bonchev–Trinajstić information content (AvgIpc) is 3.23. The van der Waals surface area contributed by atoms with E-state index < -0.39 is 47.8 Å². The minimum absolute atomic E-state index is 0.0627. The van der Waals surface area contributed by atoms with Crippen LogP contribution in [-0.4, -0.2) is 53.6 Å². The molecule has 5 N–H and O–H groups in total. The number of aromatic carboxylic acids is 1. The fourth-order valence-electron chi connectivity index (χ4n) is 4.28. The van der Waals surface area contributed by atoms with Gasteiger partial charge in [0, 0.05) is 25.4 Å². The second-order valence-electron chi connectivity index (χ2n) is 9.33. The van der Waals surface area contributed by atoms with Gasteiger partial charge in [0.25, 0.3) is 5.91 Å². The van der Waals surface area contributed by atoms with E-state index in [-0.39, 0.29) is 29.8 Å². The highest BCUT2D eigenvalue weighted by Crippen LogP contribution is 2.16. The fourth-order valence-corrected chi connectivity index (χ4v) is 4.28. The molecule has 3 rings (SSSR count). The van der Waals surface area contributed by atoms with Gasteiger partial charge in [0.15, 0.2) is 0 Å². The van der Waals surface area contributed by atoms with Gasteiger partial charge in [0.05, 0.1) is 11.6 Å². The van der Waals surface area contributed by atoms with Crippen molar-refractivity contribution in [3.8, 4) is 0 Å². The molecule has 9 nitrogen and oxygen atoms in total. The summed E-state index contributed by atoms with van der Waals surface area (Å²) in [5.41, 5.74) is 6.96. The van der Waals surface area contributed by atoms with E-state index in [1.54, 1.807) is 12.1 Å². The van der Waals surface area contributed by atoms with Crippen molar-refractivity contribution in [3.63, 3.8) is 0 Å². The van der Waals surface area contributed by atoms with E-state index in [1.807, 2.05) is 0 Å². The largest absolute Gasteiger partial charge is 0.478 e. The first-order valence-corrected chi connectivity index (χ1v) is 12.4. The Kier molecular flexibility index (Phi) is 10.3. The van der Waals surface area contributed by atoms with Crippen LogP contribution >= 0.6 is 0 Å². The van der Waals surface area contributed by atoms with Crippen molar-refractivity contribution in [2.45, 2.75) is 63.1 Å². The standard InChI is InChI=1S/C27H31F2N3O6/c28-19-9-10-22(29)18(13-19)14-20(30)15-21(33)4-2-1-3-11-31-25(34)24-23(32-27(37)38-24)12-16-5-7-17(8-6-16)26(35)36/h5-10,13,20,23-24H,1-4,11-12,14-15,30H2,(H,31,34)(H,32,37)(H,35,36)/t20?,23-,24+/m1/s1.